The maximum atomic E-state index is 13.7. The van der Waals surface area contributed by atoms with Gasteiger partial charge in [-0.3, -0.25) is 9.59 Å². The van der Waals surface area contributed by atoms with Crippen LogP contribution < -0.4 is 20.3 Å². The van der Waals surface area contributed by atoms with E-state index in [1.54, 1.807) is 31.4 Å². The normalized spacial score (nSPS) is 22.1. The molecular formula is C26H32N4O4S. The number of fused-ring (bicyclic) bond motifs is 1. The summed E-state index contributed by atoms with van der Waals surface area (Å²) in [5.74, 6) is 0.612. The standard InChI is InChI=1S/C26H32N4O4S/c1-17-8-6-9-18(2)30(17)24(31)15-29-22-12-4-5-13-23(22)35-16-21(25(29)32)28-26(33)27-19-10-7-11-20(14-19)34-3/h4-5,7,10-14,17-18,21H,6,8-9,15-16H2,1-3H3,(H2,27,28,33)/t17-,18+,21?. The van der Waals surface area contributed by atoms with Gasteiger partial charge >= 0.3 is 6.03 Å². The van der Waals surface area contributed by atoms with Crippen LogP contribution in [0.3, 0.4) is 0 Å². The molecule has 0 bridgehead atoms. The van der Waals surface area contributed by atoms with Crippen LogP contribution in [0.15, 0.2) is 53.4 Å². The van der Waals surface area contributed by atoms with Gasteiger partial charge < -0.3 is 25.2 Å². The van der Waals surface area contributed by atoms with Crippen LogP contribution in [0.4, 0.5) is 16.2 Å². The van der Waals surface area contributed by atoms with Crippen molar-refractivity contribution in [1.29, 1.82) is 0 Å². The molecule has 1 fully saturated rings. The summed E-state index contributed by atoms with van der Waals surface area (Å²) in [6, 6.07) is 13.6. The van der Waals surface area contributed by atoms with Crippen LogP contribution in [0, 0.1) is 0 Å². The predicted molar refractivity (Wildman–Crippen MR) is 138 cm³/mol. The summed E-state index contributed by atoms with van der Waals surface area (Å²) in [5.41, 5.74) is 1.25. The Kier molecular flexibility index (Phi) is 7.85. The number of urea groups is 1. The highest BCUT2D eigenvalue weighted by molar-refractivity contribution is 7.99. The second kappa shape index (κ2) is 11.0. The topological polar surface area (TPSA) is 91.0 Å². The molecule has 1 unspecified atom stereocenters. The van der Waals surface area contributed by atoms with Crippen molar-refractivity contribution >= 4 is 41.0 Å². The minimum Gasteiger partial charge on any atom is -0.497 e. The SMILES string of the molecule is COc1cccc(NC(=O)NC2CSc3ccccc3N(CC(=O)N3[C@H](C)CCC[C@@H]3C)C2=O)c1. The summed E-state index contributed by atoms with van der Waals surface area (Å²) < 4.78 is 5.20. The Balaban J connectivity index is 1.52. The predicted octanol–water partition coefficient (Wildman–Crippen LogP) is 4.11. The summed E-state index contributed by atoms with van der Waals surface area (Å²) in [4.78, 5) is 44.2. The molecule has 0 radical (unpaired) electrons. The molecule has 0 spiro atoms. The molecule has 35 heavy (non-hydrogen) atoms. The van der Waals surface area contributed by atoms with E-state index in [-0.39, 0.29) is 30.4 Å². The Morgan fingerprint density at radius 2 is 1.83 bits per heavy atom. The Hall–Kier alpha value is -3.20. The van der Waals surface area contributed by atoms with Crippen molar-refractivity contribution < 1.29 is 19.1 Å². The van der Waals surface area contributed by atoms with E-state index in [1.807, 2.05) is 29.2 Å². The molecule has 2 N–H and O–H groups in total. The van der Waals surface area contributed by atoms with Crippen LogP contribution in [-0.4, -0.2) is 60.3 Å². The van der Waals surface area contributed by atoms with Crippen molar-refractivity contribution in [3.05, 3.63) is 48.5 Å². The summed E-state index contributed by atoms with van der Waals surface area (Å²) in [6.45, 7) is 4.07. The molecule has 0 aliphatic carbocycles. The molecule has 8 nitrogen and oxygen atoms in total. The van der Waals surface area contributed by atoms with E-state index in [2.05, 4.69) is 24.5 Å². The van der Waals surface area contributed by atoms with Crippen LogP contribution in [-0.2, 0) is 9.59 Å². The first kappa shape index (κ1) is 24.9. The van der Waals surface area contributed by atoms with Crippen LogP contribution in [0.2, 0.25) is 0 Å². The van der Waals surface area contributed by atoms with Gasteiger partial charge in [0.1, 0.15) is 18.3 Å². The fourth-order valence-electron chi connectivity index (χ4n) is 4.78. The zero-order chi connectivity index (χ0) is 24.9. The van der Waals surface area contributed by atoms with Gasteiger partial charge in [-0.15, -0.1) is 11.8 Å². The minimum atomic E-state index is -0.790. The minimum absolute atomic E-state index is 0.0548. The fourth-order valence-corrected chi connectivity index (χ4v) is 5.85. The number of methoxy groups -OCH3 is 1. The van der Waals surface area contributed by atoms with Crippen molar-refractivity contribution in [2.75, 3.05) is 29.6 Å². The first-order valence-corrected chi connectivity index (χ1v) is 12.9. The number of anilines is 2. The second-order valence-electron chi connectivity index (χ2n) is 9.02. The largest absolute Gasteiger partial charge is 0.497 e. The van der Waals surface area contributed by atoms with Crippen molar-refractivity contribution in [2.24, 2.45) is 0 Å². The van der Waals surface area contributed by atoms with Gasteiger partial charge in [-0.05, 0) is 57.4 Å². The smallest absolute Gasteiger partial charge is 0.319 e. The number of amides is 4. The van der Waals surface area contributed by atoms with E-state index in [0.29, 0.717) is 22.9 Å². The molecular weight excluding hydrogens is 464 g/mol. The molecule has 2 aliphatic rings. The van der Waals surface area contributed by atoms with Gasteiger partial charge in [0.25, 0.3) is 5.91 Å². The maximum absolute atomic E-state index is 13.7. The Labute approximate surface area is 210 Å². The van der Waals surface area contributed by atoms with E-state index in [0.717, 1.165) is 24.2 Å². The lowest BCUT2D eigenvalue weighted by Gasteiger charge is -2.40. The zero-order valence-electron chi connectivity index (χ0n) is 20.3. The van der Waals surface area contributed by atoms with Crippen LogP contribution in [0.5, 0.6) is 5.75 Å². The van der Waals surface area contributed by atoms with E-state index in [4.69, 9.17) is 4.74 Å². The van der Waals surface area contributed by atoms with Crippen molar-refractivity contribution in [3.63, 3.8) is 0 Å². The number of nitrogens with one attached hydrogen (secondary N) is 2. The summed E-state index contributed by atoms with van der Waals surface area (Å²) in [6.07, 6.45) is 3.03. The monoisotopic (exact) mass is 496 g/mol. The molecule has 2 aromatic rings. The van der Waals surface area contributed by atoms with E-state index >= 15 is 0 Å². The molecule has 4 amide bonds. The third-order valence-electron chi connectivity index (χ3n) is 6.53. The summed E-state index contributed by atoms with van der Waals surface area (Å²) >= 11 is 1.49. The Bertz CT molecular complexity index is 1080. The lowest BCUT2D eigenvalue weighted by atomic mass is 9.97. The number of para-hydroxylation sites is 1. The van der Waals surface area contributed by atoms with Crippen molar-refractivity contribution in [1.82, 2.24) is 10.2 Å². The average molecular weight is 497 g/mol. The highest BCUT2D eigenvalue weighted by Crippen LogP contribution is 2.34. The molecule has 2 heterocycles. The molecule has 186 valence electrons. The lowest BCUT2D eigenvalue weighted by Crippen LogP contribution is -2.55. The van der Waals surface area contributed by atoms with Crippen molar-refractivity contribution in [3.8, 4) is 5.75 Å². The molecule has 0 aromatic heterocycles. The molecule has 1 saturated heterocycles. The number of hydrogen-bond donors (Lipinski definition) is 2. The van der Waals surface area contributed by atoms with Gasteiger partial charge in [-0.2, -0.15) is 0 Å². The van der Waals surface area contributed by atoms with Crippen LogP contribution >= 0.6 is 11.8 Å². The Morgan fingerprint density at radius 3 is 2.57 bits per heavy atom. The molecule has 2 aliphatic heterocycles. The molecule has 4 rings (SSSR count). The third kappa shape index (κ3) is 5.73. The molecule has 0 saturated carbocycles. The maximum Gasteiger partial charge on any atom is 0.319 e. The van der Waals surface area contributed by atoms with E-state index in [1.165, 1.54) is 16.7 Å². The van der Waals surface area contributed by atoms with Gasteiger partial charge in [-0.1, -0.05) is 18.2 Å². The number of rotatable bonds is 5. The quantitative estimate of drug-likeness (QED) is 0.650. The summed E-state index contributed by atoms with van der Waals surface area (Å²) in [7, 11) is 1.56. The zero-order valence-corrected chi connectivity index (χ0v) is 21.1. The number of hydrogen-bond acceptors (Lipinski definition) is 5. The molecule has 2 aromatic carbocycles. The number of piperidine rings is 1. The van der Waals surface area contributed by atoms with Gasteiger partial charge in [-0.25, -0.2) is 4.79 Å². The fraction of sp³-hybridized carbons (Fsp3) is 0.423. The Morgan fingerprint density at radius 1 is 1.09 bits per heavy atom. The van der Waals surface area contributed by atoms with Crippen molar-refractivity contribution in [2.45, 2.75) is 56.1 Å². The van der Waals surface area contributed by atoms with Gasteiger partial charge in [0.05, 0.1) is 12.8 Å². The highest BCUT2D eigenvalue weighted by atomic mass is 32.2. The number of nitrogens with zero attached hydrogens (tertiary/aromatic N) is 2. The number of carbonyl (C=O) groups is 3. The van der Waals surface area contributed by atoms with Crippen LogP contribution in [0.25, 0.3) is 0 Å². The van der Waals surface area contributed by atoms with Gasteiger partial charge in [0, 0.05) is 34.5 Å². The molecule has 9 heteroatoms. The first-order valence-electron chi connectivity index (χ1n) is 11.9. The van der Waals surface area contributed by atoms with Crippen LogP contribution in [0.1, 0.15) is 33.1 Å². The third-order valence-corrected chi connectivity index (χ3v) is 7.69. The van der Waals surface area contributed by atoms with E-state index < -0.39 is 12.1 Å². The van der Waals surface area contributed by atoms with Gasteiger partial charge in [0.2, 0.25) is 5.91 Å². The van der Waals surface area contributed by atoms with E-state index in [9.17, 15) is 14.4 Å². The lowest BCUT2D eigenvalue weighted by molar-refractivity contribution is -0.137. The number of likely N-dealkylation sites (tertiary alicyclic amines) is 1. The van der Waals surface area contributed by atoms with Gasteiger partial charge in [0.15, 0.2) is 0 Å². The number of thioether (sulfide) groups is 1. The summed E-state index contributed by atoms with van der Waals surface area (Å²) in [5, 5.41) is 5.56. The number of benzene rings is 2. The number of ether oxygens (including phenoxy) is 1. The average Bonchev–Trinajstić information content (AvgIpc) is 2.96. The number of carbonyl (C=O) groups excluding carboxylic acids is 3. The first-order chi connectivity index (χ1) is 16.9. The molecule has 3 atom stereocenters. The highest BCUT2D eigenvalue weighted by Gasteiger charge is 2.36. The second-order valence-corrected chi connectivity index (χ2v) is 10.1.